The van der Waals surface area contributed by atoms with Gasteiger partial charge in [0.2, 0.25) is 0 Å². The minimum absolute atomic E-state index is 0.0849. The summed E-state index contributed by atoms with van der Waals surface area (Å²) in [6.07, 6.45) is 5.38. The highest BCUT2D eigenvalue weighted by Crippen LogP contribution is 2.10. The quantitative estimate of drug-likeness (QED) is 0.543. The molecule has 0 spiro atoms. The van der Waals surface area contributed by atoms with Gasteiger partial charge in [-0.25, -0.2) is 0 Å². The fraction of sp³-hybridized carbons (Fsp3) is 0.600. The Hall–Kier alpha value is -1.42. The van der Waals surface area contributed by atoms with Crippen LogP contribution in [-0.4, -0.2) is 29.6 Å². The van der Waals surface area contributed by atoms with Gasteiger partial charge in [0.05, 0.1) is 6.61 Å². The fourth-order valence-electron chi connectivity index (χ4n) is 1.52. The van der Waals surface area contributed by atoms with Crippen LogP contribution in [-0.2, 0) is 14.3 Å². The van der Waals surface area contributed by atoms with E-state index in [0.29, 0.717) is 6.42 Å². The number of hydrogen-bond acceptors (Lipinski definition) is 4. The minimum atomic E-state index is -0.679. The van der Waals surface area contributed by atoms with Crippen LogP contribution in [0.4, 0.5) is 0 Å². The number of allylic oxidation sites excluding steroid dienone is 2. The van der Waals surface area contributed by atoms with Crippen LogP contribution in [0.1, 0.15) is 47.0 Å². The van der Waals surface area contributed by atoms with Crippen molar-refractivity contribution < 1.29 is 19.4 Å². The molecule has 0 aromatic heterocycles. The number of esters is 1. The summed E-state index contributed by atoms with van der Waals surface area (Å²) in [6.45, 7) is 6.67. The summed E-state index contributed by atoms with van der Waals surface area (Å²) in [5.74, 6) is -0.581. The molecule has 0 bridgehead atoms. The summed E-state index contributed by atoms with van der Waals surface area (Å²) in [6, 6.07) is 0. The zero-order valence-corrected chi connectivity index (χ0v) is 12.2. The van der Waals surface area contributed by atoms with Gasteiger partial charge in [-0.2, -0.15) is 0 Å². The van der Waals surface area contributed by atoms with Crippen molar-refractivity contribution in [2.24, 2.45) is 0 Å². The van der Waals surface area contributed by atoms with Gasteiger partial charge in [0.25, 0.3) is 0 Å². The van der Waals surface area contributed by atoms with Crippen molar-refractivity contribution >= 4 is 11.8 Å². The smallest absolute Gasteiger partial charge is 0.303 e. The molecule has 0 heterocycles. The Morgan fingerprint density at radius 2 is 1.74 bits per heavy atom. The molecular weight excluding hydrogens is 244 g/mol. The van der Waals surface area contributed by atoms with Crippen LogP contribution in [0.2, 0.25) is 0 Å². The monoisotopic (exact) mass is 268 g/mol. The van der Waals surface area contributed by atoms with Crippen molar-refractivity contribution in [3.05, 3.63) is 23.3 Å². The Bertz CT molecular complexity index is 366. The molecule has 1 unspecified atom stereocenters. The number of aliphatic hydroxyl groups excluding tert-OH is 1. The Kier molecular flexibility index (Phi) is 8.79. The van der Waals surface area contributed by atoms with Gasteiger partial charge in [-0.1, -0.05) is 23.3 Å². The number of carbonyl (C=O) groups is 2. The molecule has 0 amide bonds. The van der Waals surface area contributed by atoms with Crippen LogP contribution < -0.4 is 0 Å². The first-order valence-electron chi connectivity index (χ1n) is 6.46. The number of carbonyl (C=O) groups excluding carboxylic acids is 2. The molecule has 1 N–H and O–H groups in total. The number of Topliss-reactive ketones (excluding diaryl/α,β-unsaturated/α-hetero) is 1. The molecule has 4 heteroatoms. The van der Waals surface area contributed by atoms with Crippen LogP contribution in [0.3, 0.4) is 0 Å². The average molecular weight is 268 g/mol. The molecule has 0 aliphatic carbocycles. The van der Waals surface area contributed by atoms with Gasteiger partial charge >= 0.3 is 5.97 Å². The fourth-order valence-corrected chi connectivity index (χ4v) is 1.52. The molecule has 0 rings (SSSR count). The first kappa shape index (κ1) is 17.6. The van der Waals surface area contributed by atoms with Gasteiger partial charge < -0.3 is 9.84 Å². The summed E-state index contributed by atoms with van der Waals surface area (Å²) >= 11 is 0. The van der Waals surface area contributed by atoms with Crippen molar-refractivity contribution in [1.82, 2.24) is 0 Å². The molecule has 0 radical (unpaired) electrons. The molecule has 108 valence electrons. The highest BCUT2D eigenvalue weighted by Gasteiger charge is 2.15. The lowest BCUT2D eigenvalue weighted by atomic mass is 10.1. The van der Waals surface area contributed by atoms with E-state index in [-0.39, 0.29) is 12.4 Å². The number of rotatable bonds is 8. The third-order valence-electron chi connectivity index (χ3n) is 2.72. The van der Waals surface area contributed by atoms with Gasteiger partial charge in [0.1, 0.15) is 0 Å². The molecule has 0 aliphatic rings. The number of ketones is 1. The van der Waals surface area contributed by atoms with Gasteiger partial charge in [0.15, 0.2) is 11.9 Å². The van der Waals surface area contributed by atoms with Crippen LogP contribution in [0, 0.1) is 0 Å². The lowest BCUT2D eigenvalue weighted by Crippen LogP contribution is -2.23. The van der Waals surface area contributed by atoms with Crippen LogP contribution in [0.15, 0.2) is 23.3 Å². The molecule has 0 saturated heterocycles. The largest absolute Gasteiger partial charge is 0.454 e. The van der Waals surface area contributed by atoms with E-state index in [0.717, 1.165) is 24.0 Å². The molecular formula is C15H24O4. The van der Waals surface area contributed by atoms with Crippen molar-refractivity contribution in [2.45, 2.75) is 53.1 Å². The third kappa shape index (κ3) is 9.19. The summed E-state index contributed by atoms with van der Waals surface area (Å²) in [7, 11) is 0. The number of aliphatic hydroxyl groups is 1. The maximum absolute atomic E-state index is 11.3. The molecule has 0 fully saturated rings. The van der Waals surface area contributed by atoms with E-state index < -0.39 is 12.1 Å². The predicted molar refractivity (Wildman–Crippen MR) is 74.7 cm³/mol. The van der Waals surface area contributed by atoms with Crippen molar-refractivity contribution in [1.29, 1.82) is 0 Å². The molecule has 19 heavy (non-hydrogen) atoms. The maximum atomic E-state index is 11.3. The van der Waals surface area contributed by atoms with E-state index in [1.165, 1.54) is 13.8 Å². The standard InChI is InChI=1S/C15H24O4/c1-11(6-5-7-12(2)10-16)8-9-15(13(3)17)19-14(4)18/h7-8,15-16H,5-6,9-10H2,1-4H3. The maximum Gasteiger partial charge on any atom is 0.303 e. The van der Waals surface area contributed by atoms with Gasteiger partial charge in [0, 0.05) is 13.3 Å². The second kappa shape index (κ2) is 9.50. The zero-order valence-electron chi connectivity index (χ0n) is 12.2. The molecule has 0 saturated carbocycles. The molecule has 0 aromatic carbocycles. The summed E-state index contributed by atoms with van der Waals surface area (Å²) in [5.41, 5.74) is 2.09. The highest BCUT2D eigenvalue weighted by molar-refractivity contribution is 5.83. The van der Waals surface area contributed by atoms with E-state index >= 15 is 0 Å². The first-order valence-corrected chi connectivity index (χ1v) is 6.46. The zero-order chi connectivity index (χ0) is 14.8. The Labute approximate surface area is 115 Å². The topological polar surface area (TPSA) is 63.6 Å². The average Bonchev–Trinajstić information content (AvgIpc) is 2.33. The van der Waals surface area contributed by atoms with Crippen molar-refractivity contribution in [3.63, 3.8) is 0 Å². The molecule has 0 aromatic rings. The van der Waals surface area contributed by atoms with Gasteiger partial charge in [-0.05, 0) is 33.6 Å². The van der Waals surface area contributed by atoms with Gasteiger partial charge in [-0.3, -0.25) is 9.59 Å². The van der Waals surface area contributed by atoms with Crippen molar-refractivity contribution in [2.75, 3.05) is 6.61 Å². The number of ether oxygens (including phenoxy) is 1. The van der Waals surface area contributed by atoms with E-state index in [2.05, 4.69) is 0 Å². The lowest BCUT2D eigenvalue weighted by Gasteiger charge is -2.12. The van der Waals surface area contributed by atoms with Crippen LogP contribution >= 0.6 is 0 Å². The second-order valence-electron chi connectivity index (χ2n) is 4.74. The predicted octanol–water partition coefficient (Wildman–Crippen LogP) is 2.56. The summed E-state index contributed by atoms with van der Waals surface area (Å²) in [4.78, 5) is 22.1. The summed E-state index contributed by atoms with van der Waals surface area (Å²) < 4.78 is 4.94. The van der Waals surface area contributed by atoms with E-state index in [4.69, 9.17) is 9.84 Å². The van der Waals surface area contributed by atoms with E-state index in [1.807, 2.05) is 26.0 Å². The van der Waals surface area contributed by atoms with Gasteiger partial charge in [-0.15, -0.1) is 0 Å². The SMILES string of the molecule is CC(=O)OC(CC=C(C)CCC=C(C)CO)C(C)=O. The van der Waals surface area contributed by atoms with E-state index in [9.17, 15) is 9.59 Å². The third-order valence-corrected chi connectivity index (χ3v) is 2.72. The minimum Gasteiger partial charge on any atom is -0.454 e. The van der Waals surface area contributed by atoms with Crippen molar-refractivity contribution in [3.8, 4) is 0 Å². The lowest BCUT2D eigenvalue weighted by molar-refractivity contribution is -0.152. The Morgan fingerprint density at radius 3 is 2.21 bits per heavy atom. The Morgan fingerprint density at radius 1 is 1.11 bits per heavy atom. The highest BCUT2D eigenvalue weighted by atomic mass is 16.5. The first-order chi connectivity index (χ1) is 8.86. The normalized spacial score (nSPS) is 14.2. The second-order valence-corrected chi connectivity index (χ2v) is 4.74. The molecule has 4 nitrogen and oxygen atoms in total. The Balaban J connectivity index is 4.27. The van der Waals surface area contributed by atoms with Crippen LogP contribution in [0.25, 0.3) is 0 Å². The number of hydrogen-bond donors (Lipinski definition) is 1. The van der Waals surface area contributed by atoms with E-state index in [1.54, 1.807) is 0 Å². The molecule has 0 aliphatic heterocycles. The van der Waals surface area contributed by atoms with Crippen LogP contribution in [0.5, 0.6) is 0 Å². The summed E-state index contributed by atoms with van der Waals surface area (Å²) in [5, 5.41) is 8.85. The molecule has 1 atom stereocenters.